The zero-order chi connectivity index (χ0) is 21.6. The van der Waals surface area contributed by atoms with Gasteiger partial charge < -0.3 is 0 Å². The van der Waals surface area contributed by atoms with Gasteiger partial charge in [-0.2, -0.15) is 0 Å². The van der Waals surface area contributed by atoms with Crippen LogP contribution < -0.4 is 0 Å². The van der Waals surface area contributed by atoms with Gasteiger partial charge in [-0.15, -0.1) is 0 Å². The van der Waals surface area contributed by atoms with Crippen molar-refractivity contribution in [3.05, 3.63) is 70.8 Å². The third kappa shape index (κ3) is 6.00. The van der Waals surface area contributed by atoms with Gasteiger partial charge in [0.25, 0.3) is 0 Å². The van der Waals surface area contributed by atoms with Crippen LogP contribution in [0.3, 0.4) is 0 Å². The summed E-state index contributed by atoms with van der Waals surface area (Å²) in [7, 11) is 0. The zero-order valence-electron chi connectivity index (χ0n) is 19.8. The molecular formula is C27H34. The lowest BCUT2D eigenvalue weighted by Gasteiger charge is -2.28. The third-order valence-corrected chi connectivity index (χ3v) is 5.42. The standard InChI is InChI=1S/C27H34/c1-3-5-7-23-8-10-24(11-9-23)12-13-25-16-20-27(21-17-25)26-18-14-22(6-4-2)15-19-26/h8-11,16-17,20-22,26H,3-7,14-15,18-19H2,1-2H3/t22-,26?/i18D,19D2/t18-,22-,26?/m1/s1. The van der Waals surface area contributed by atoms with E-state index in [9.17, 15) is 0 Å². The molecule has 2 aromatic carbocycles. The minimum atomic E-state index is -1.32. The largest absolute Gasteiger partial charge is 0.0654 e. The van der Waals surface area contributed by atoms with Crippen molar-refractivity contribution in [2.24, 2.45) is 5.92 Å². The quantitative estimate of drug-likeness (QED) is 0.467. The monoisotopic (exact) mass is 361 g/mol. The first-order chi connectivity index (χ1) is 14.4. The van der Waals surface area contributed by atoms with Crippen molar-refractivity contribution in [1.82, 2.24) is 0 Å². The van der Waals surface area contributed by atoms with Gasteiger partial charge in [0.1, 0.15) is 0 Å². The van der Waals surface area contributed by atoms with Gasteiger partial charge in [-0.05, 0) is 85.7 Å². The van der Waals surface area contributed by atoms with Gasteiger partial charge in [-0.1, -0.05) is 69.2 Å². The van der Waals surface area contributed by atoms with Crippen molar-refractivity contribution in [2.45, 2.75) is 77.5 Å². The molecule has 0 saturated heterocycles. The molecule has 0 amide bonds. The highest BCUT2D eigenvalue weighted by atomic mass is 14.3. The SMILES string of the molecule is [2H][C@@H]1C[C@@H](CCC)CC([2H])([2H])C1c1ccc(C#Cc2ccc(CCCC)cc2)cc1. The van der Waals surface area contributed by atoms with E-state index in [1.54, 1.807) is 0 Å². The average molecular weight is 362 g/mol. The Bertz CT molecular complexity index is 856. The molecule has 3 rings (SSSR count). The first-order valence-corrected chi connectivity index (χ1v) is 10.6. The summed E-state index contributed by atoms with van der Waals surface area (Å²) < 4.78 is 25.7. The van der Waals surface area contributed by atoms with Crippen LogP contribution in [0, 0.1) is 17.8 Å². The molecule has 1 aliphatic rings. The topological polar surface area (TPSA) is 0 Å². The van der Waals surface area contributed by atoms with Gasteiger partial charge in [-0.25, -0.2) is 0 Å². The summed E-state index contributed by atoms with van der Waals surface area (Å²) >= 11 is 0. The second-order valence-corrected chi connectivity index (χ2v) is 7.68. The smallest absolute Gasteiger partial charge is 0.0273 e. The second kappa shape index (κ2) is 10.4. The molecule has 0 aliphatic heterocycles. The Morgan fingerprint density at radius 3 is 2.15 bits per heavy atom. The van der Waals surface area contributed by atoms with Crippen molar-refractivity contribution in [3.63, 3.8) is 0 Å². The van der Waals surface area contributed by atoms with Crippen LogP contribution in [0.25, 0.3) is 0 Å². The molecule has 3 atom stereocenters. The third-order valence-electron chi connectivity index (χ3n) is 5.42. The fourth-order valence-electron chi connectivity index (χ4n) is 3.72. The molecule has 1 saturated carbocycles. The summed E-state index contributed by atoms with van der Waals surface area (Å²) in [6, 6.07) is 16.4. The Balaban J connectivity index is 1.69. The summed E-state index contributed by atoms with van der Waals surface area (Å²) in [6.07, 6.45) is 5.30. The molecule has 2 aromatic rings. The lowest BCUT2D eigenvalue weighted by Crippen LogP contribution is -2.13. The van der Waals surface area contributed by atoms with Crippen molar-refractivity contribution in [2.75, 3.05) is 0 Å². The highest BCUT2D eigenvalue weighted by Crippen LogP contribution is 2.37. The minimum Gasteiger partial charge on any atom is -0.0654 e. The summed E-state index contributed by atoms with van der Waals surface area (Å²) in [4.78, 5) is 0. The highest BCUT2D eigenvalue weighted by Gasteiger charge is 2.21. The number of hydrogen-bond donors (Lipinski definition) is 0. The number of rotatable bonds is 6. The van der Waals surface area contributed by atoms with E-state index >= 15 is 0 Å². The Hall–Kier alpha value is -2.00. The van der Waals surface area contributed by atoms with Crippen LogP contribution in [0.4, 0.5) is 0 Å². The fourth-order valence-corrected chi connectivity index (χ4v) is 3.72. The van der Waals surface area contributed by atoms with Crippen molar-refractivity contribution in [3.8, 4) is 11.8 Å². The lowest BCUT2D eigenvalue weighted by molar-refractivity contribution is 0.308. The van der Waals surface area contributed by atoms with E-state index < -0.39 is 6.37 Å². The molecule has 0 aromatic heterocycles. The van der Waals surface area contributed by atoms with Crippen LogP contribution in [0.2, 0.25) is 0 Å². The van der Waals surface area contributed by atoms with Gasteiger partial charge >= 0.3 is 0 Å². The van der Waals surface area contributed by atoms with Crippen LogP contribution in [0.5, 0.6) is 0 Å². The Labute approximate surface area is 170 Å². The predicted molar refractivity (Wildman–Crippen MR) is 117 cm³/mol. The maximum absolute atomic E-state index is 8.59. The molecule has 0 radical (unpaired) electrons. The summed E-state index contributed by atoms with van der Waals surface area (Å²) in [6.45, 7) is 4.35. The first-order valence-electron chi connectivity index (χ1n) is 12.1. The molecule has 1 unspecified atom stereocenters. The molecule has 142 valence electrons. The second-order valence-electron chi connectivity index (χ2n) is 7.68. The van der Waals surface area contributed by atoms with Crippen molar-refractivity contribution < 1.29 is 4.11 Å². The zero-order valence-corrected chi connectivity index (χ0v) is 16.8. The molecule has 0 N–H and O–H groups in total. The Kier molecular flexibility index (Phi) is 6.14. The average Bonchev–Trinajstić information content (AvgIpc) is 2.71. The van der Waals surface area contributed by atoms with Crippen LogP contribution in [0.1, 0.15) is 97.4 Å². The van der Waals surface area contributed by atoms with Gasteiger partial charge in [-0.3, -0.25) is 0 Å². The van der Waals surface area contributed by atoms with Crippen molar-refractivity contribution >= 4 is 0 Å². The van der Waals surface area contributed by atoms with Crippen LogP contribution >= 0.6 is 0 Å². The molecule has 1 aliphatic carbocycles. The van der Waals surface area contributed by atoms with E-state index in [4.69, 9.17) is 4.11 Å². The molecule has 1 fully saturated rings. The fraction of sp³-hybridized carbons (Fsp3) is 0.481. The van der Waals surface area contributed by atoms with E-state index in [0.717, 1.165) is 42.4 Å². The van der Waals surface area contributed by atoms with Crippen molar-refractivity contribution in [1.29, 1.82) is 0 Å². The van der Waals surface area contributed by atoms with Gasteiger partial charge in [0.2, 0.25) is 0 Å². The molecule has 0 bridgehead atoms. The molecule has 0 heteroatoms. The van der Waals surface area contributed by atoms with E-state index in [1.165, 1.54) is 18.4 Å². The normalized spacial score (nSPS) is 25.6. The Morgan fingerprint density at radius 2 is 1.56 bits per heavy atom. The molecule has 0 nitrogen and oxygen atoms in total. The number of hydrogen-bond acceptors (Lipinski definition) is 0. The maximum Gasteiger partial charge on any atom is 0.0273 e. The summed E-state index contributed by atoms with van der Waals surface area (Å²) in [5, 5.41) is 0. The maximum atomic E-state index is 8.59. The minimum absolute atomic E-state index is 0.335. The molecular weight excluding hydrogens is 324 g/mol. The van der Waals surface area contributed by atoms with E-state index in [1.807, 2.05) is 24.3 Å². The van der Waals surface area contributed by atoms with E-state index in [2.05, 4.69) is 50.0 Å². The number of unbranched alkanes of at least 4 members (excludes halogenated alkanes) is 1. The summed E-state index contributed by atoms with van der Waals surface area (Å²) in [5.41, 5.74) is 4.23. The molecule has 27 heavy (non-hydrogen) atoms. The lowest BCUT2D eigenvalue weighted by atomic mass is 9.77. The summed E-state index contributed by atoms with van der Waals surface area (Å²) in [5.74, 6) is 6.42. The van der Waals surface area contributed by atoms with Gasteiger partial charge in [0, 0.05) is 15.2 Å². The molecule has 0 spiro atoms. The van der Waals surface area contributed by atoms with Crippen LogP contribution in [-0.4, -0.2) is 0 Å². The number of aryl methyl sites for hydroxylation is 1. The van der Waals surface area contributed by atoms with Gasteiger partial charge in [0.05, 0.1) is 0 Å². The van der Waals surface area contributed by atoms with E-state index in [-0.39, 0.29) is 12.3 Å². The van der Waals surface area contributed by atoms with E-state index in [0.29, 0.717) is 12.3 Å². The Morgan fingerprint density at radius 1 is 0.889 bits per heavy atom. The predicted octanol–water partition coefficient (Wildman–Crippen LogP) is 7.50. The van der Waals surface area contributed by atoms with Crippen LogP contribution in [-0.2, 0) is 6.42 Å². The molecule has 0 heterocycles. The number of benzene rings is 2. The van der Waals surface area contributed by atoms with Crippen LogP contribution in [0.15, 0.2) is 48.5 Å². The highest BCUT2D eigenvalue weighted by molar-refractivity contribution is 5.44. The first kappa shape index (κ1) is 16.0. The van der Waals surface area contributed by atoms with Gasteiger partial charge in [0.15, 0.2) is 0 Å².